The Hall–Kier alpha value is -2.37. The number of halogens is 3. The SMILES string of the molecule is O=C1C2Sc3[nH]c(=O)sc3C(c3cc(Br)ccc3OCc3cccc(Cl)c3)C2C(=O)N1c1ccc(Br)cc1. The molecule has 2 aliphatic heterocycles. The van der Waals surface area contributed by atoms with Crippen LogP contribution in [0.4, 0.5) is 5.69 Å². The van der Waals surface area contributed by atoms with Crippen molar-refractivity contribution in [1.82, 2.24) is 4.98 Å². The number of fused-ring (bicyclic) bond motifs is 2. The van der Waals surface area contributed by atoms with E-state index in [1.54, 1.807) is 30.3 Å². The monoisotopic (exact) mass is 690 g/mol. The summed E-state index contributed by atoms with van der Waals surface area (Å²) in [5.41, 5.74) is 2.14. The number of carbonyl (C=O) groups is 2. The van der Waals surface area contributed by atoms with Crippen LogP contribution in [0.2, 0.25) is 5.02 Å². The van der Waals surface area contributed by atoms with E-state index >= 15 is 0 Å². The molecule has 1 saturated heterocycles. The Morgan fingerprint density at radius 3 is 2.47 bits per heavy atom. The van der Waals surface area contributed by atoms with Gasteiger partial charge in [-0.25, -0.2) is 4.90 Å². The van der Waals surface area contributed by atoms with Gasteiger partial charge in [-0.15, -0.1) is 0 Å². The number of hydrogen-bond acceptors (Lipinski definition) is 6. The summed E-state index contributed by atoms with van der Waals surface area (Å²) in [5.74, 6) is -1.29. The molecule has 0 bridgehead atoms. The van der Waals surface area contributed by atoms with Crippen molar-refractivity contribution in [2.75, 3.05) is 4.90 Å². The minimum absolute atomic E-state index is 0.228. The minimum atomic E-state index is -0.710. The zero-order valence-electron chi connectivity index (χ0n) is 19.3. The standard InChI is InChI=1S/C27H17Br2ClN2O4S2/c28-14-4-7-17(8-5-14)32-25(33)21-20(22-24(31-27(35)38-22)37-23(21)26(32)34)18-11-15(29)6-9-19(18)36-12-13-2-1-3-16(30)10-13/h1-11,20-21,23H,12H2,(H,31,35). The number of aromatic nitrogens is 1. The number of hydrogen-bond donors (Lipinski definition) is 1. The van der Waals surface area contributed by atoms with Crippen LogP contribution in [0.25, 0.3) is 0 Å². The number of thioether (sulfide) groups is 1. The van der Waals surface area contributed by atoms with E-state index in [-0.39, 0.29) is 23.3 Å². The lowest BCUT2D eigenvalue weighted by atomic mass is 9.82. The fraction of sp³-hybridized carbons (Fsp3) is 0.148. The first-order valence-corrected chi connectivity index (χ1v) is 15.2. The summed E-state index contributed by atoms with van der Waals surface area (Å²) in [4.78, 5) is 44.7. The van der Waals surface area contributed by atoms with E-state index in [4.69, 9.17) is 16.3 Å². The lowest BCUT2D eigenvalue weighted by molar-refractivity contribution is -0.122. The topological polar surface area (TPSA) is 79.5 Å². The first-order valence-electron chi connectivity index (χ1n) is 11.5. The largest absolute Gasteiger partial charge is 0.489 e. The Morgan fingerprint density at radius 1 is 0.947 bits per heavy atom. The van der Waals surface area contributed by atoms with Gasteiger partial charge in [0.2, 0.25) is 11.8 Å². The van der Waals surface area contributed by atoms with Crippen molar-refractivity contribution in [3.8, 4) is 5.75 Å². The third-order valence-corrected chi connectivity index (χ3v) is 10.2. The summed E-state index contributed by atoms with van der Waals surface area (Å²) in [7, 11) is 0. The lowest BCUT2D eigenvalue weighted by Gasteiger charge is -2.31. The molecule has 2 aliphatic rings. The third kappa shape index (κ3) is 4.66. The van der Waals surface area contributed by atoms with Gasteiger partial charge in [-0.3, -0.25) is 14.4 Å². The molecule has 3 unspecified atom stereocenters. The van der Waals surface area contributed by atoms with Crippen LogP contribution in [0, 0.1) is 5.92 Å². The number of nitrogens with zero attached hydrogens (tertiary/aromatic N) is 1. The molecule has 6 rings (SSSR count). The van der Waals surface area contributed by atoms with E-state index in [9.17, 15) is 14.4 Å². The zero-order valence-corrected chi connectivity index (χ0v) is 24.9. The molecule has 3 atom stereocenters. The Morgan fingerprint density at radius 2 is 1.71 bits per heavy atom. The van der Waals surface area contributed by atoms with Gasteiger partial charge in [-0.1, -0.05) is 78.7 Å². The molecule has 192 valence electrons. The highest BCUT2D eigenvalue weighted by atomic mass is 79.9. The highest BCUT2D eigenvalue weighted by Gasteiger charge is 2.56. The number of imide groups is 1. The second-order valence-corrected chi connectivity index (χ2v) is 13.3. The van der Waals surface area contributed by atoms with E-state index < -0.39 is 17.1 Å². The average molecular weight is 693 g/mol. The summed E-state index contributed by atoms with van der Waals surface area (Å²) in [6.45, 7) is 0.263. The number of amides is 2. The fourth-order valence-corrected chi connectivity index (χ4v) is 8.24. The number of benzene rings is 3. The molecule has 3 aromatic carbocycles. The van der Waals surface area contributed by atoms with Crippen LogP contribution in [-0.2, 0) is 16.2 Å². The predicted molar refractivity (Wildman–Crippen MR) is 156 cm³/mol. The van der Waals surface area contributed by atoms with Crippen molar-refractivity contribution in [2.45, 2.75) is 22.8 Å². The number of nitrogens with one attached hydrogen (secondary N) is 1. The summed E-state index contributed by atoms with van der Waals surface area (Å²) in [5, 5.41) is 0.540. The molecule has 0 spiro atoms. The van der Waals surface area contributed by atoms with E-state index in [1.165, 1.54) is 16.7 Å². The Bertz CT molecular complexity index is 1640. The van der Waals surface area contributed by atoms with Crippen LogP contribution < -0.4 is 14.5 Å². The van der Waals surface area contributed by atoms with E-state index in [1.807, 2.05) is 36.4 Å². The lowest BCUT2D eigenvalue weighted by Crippen LogP contribution is -2.32. The molecule has 3 heterocycles. The molecule has 4 aromatic rings. The number of rotatable bonds is 5. The quantitative estimate of drug-likeness (QED) is 0.228. The second kappa shape index (κ2) is 10.3. The molecule has 0 radical (unpaired) electrons. The van der Waals surface area contributed by atoms with Gasteiger partial charge in [0.25, 0.3) is 0 Å². The third-order valence-electron chi connectivity index (χ3n) is 6.50. The van der Waals surface area contributed by atoms with Crippen LogP contribution in [0.5, 0.6) is 5.75 Å². The van der Waals surface area contributed by atoms with E-state index in [0.29, 0.717) is 21.5 Å². The van der Waals surface area contributed by atoms with Gasteiger partial charge >= 0.3 is 4.87 Å². The smallest absolute Gasteiger partial charge is 0.305 e. The van der Waals surface area contributed by atoms with Crippen LogP contribution >= 0.6 is 66.6 Å². The number of H-pyrrole nitrogens is 1. The Balaban J connectivity index is 1.45. The van der Waals surface area contributed by atoms with Crippen molar-refractivity contribution >= 4 is 84.1 Å². The van der Waals surface area contributed by atoms with E-state index in [0.717, 1.165) is 36.3 Å². The molecular weight excluding hydrogens is 676 g/mol. The summed E-state index contributed by atoms with van der Waals surface area (Å²) < 4.78 is 7.90. The maximum absolute atomic E-state index is 14.0. The van der Waals surface area contributed by atoms with Gasteiger partial charge in [-0.2, -0.15) is 0 Å². The molecule has 6 nitrogen and oxygen atoms in total. The van der Waals surface area contributed by atoms with Crippen molar-refractivity contribution in [3.05, 3.63) is 106 Å². The summed E-state index contributed by atoms with van der Waals surface area (Å²) in [6, 6.07) is 20.1. The maximum atomic E-state index is 14.0. The van der Waals surface area contributed by atoms with Crippen LogP contribution in [0.15, 0.2) is 85.5 Å². The maximum Gasteiger partial charge on any atom is 0.305 e. The molecule has 2 amide bonds. The molecule has 0 saturated carbocycles. The van der Waals surface area contributed by atoms with Crippen LogP contribution in [0.3, 0.4) is 0 Å². The molecule has 11 heteroatoms. The van der Waals surface area contributed by atoms with Crippen molar-refractivity contribution < 1.29 is 14.3 Å². The minimum Gasteiger partial charge on any atom is -0.489 e. The number of carbonyl (C=O) groups excluding carboxylic acids is 2. The zero-order chi connectivity index (χ0) is 26.6. The highest BCUT2D eigenvalue weighted by Crippen LogP contribution is 2.54. The highest BCUT2D eigenvalue weighted by molar-refractivity contribution is 9.10. The second-order valence-electron chi connectivity index (χ2n) is 8.84. The fourth-order valence-electron chi connectivity index (χ4n) is 4.88. The Labute approximate surface area is 247 Å². The average Bonchev–Trinajstić information content (AvgIpc) is 3.38. The van der Waals surface area contributed by atoms with Gasteiger partial charge in [0, 0.05) is 30.3 Å². The van der Waals surface area contributed by atoms with Gasteiger partial charge in [0.1, 0.15) is 17.6 Å². The molecular formula is C27H17Br2ClN2O4S2. The molecule has 0 aliphatic carbocycles. The van der Waals surface area contributed by atoms with Crippen molar-refractivity contribution in [1.29, 1.82) is 0 Å². The summed E-state index contributed by atoms with van der Waals surface area (Å²) >= 11 is 15.4. The molecule has 1 fully saturated rings. The first kappa shape index (κ1) is 25.9. The number of ether oxygens (including phenoxy) is 1. The van der Waals surface area contributed by atoms with Crippen molar-refractivity contribution in [3.63, 3.8) is 0 Å². The molecule has 38 heavy (non-hydrogen) atoms. The van der Waals surface area contributed by atoms with Gasteiger partial charge in [-0.05, 0) is 60.2 Å². The Kier molecular flexibility index (Phi) is 7.02. The molecule has 1 aromatic heterocycles. The summed E-state index contributed by atoms with van der Waals surface area (Å²) in [6.07, 6.45) is 0. The number of thiazole rings is 1. The van der Waals surface area contributed by atoms with Gasteiger partial charge < -0.3 is 9.72 Å². The molecule has 1 N–H and O–H groups in total. The van der Waals surface area contributed by atoms with E-state index in [2.05, 4.69) is 36.8 Å². The predicted octanol–water partition coefficient (Wildman–Crippen LogP) is 6.99. The van der Waals surface area contributed by atoms with Gasteiger partial charge in [0.05, 0.1) is 16.6 Å². The van der Waals surface area contributed by atoms with Gasteiger partial charge in [0.15, 0.2) is 0 Å². The van der Waals surface area contributed by atoms with Crippen LogP contribution in [0.1, 0.15) is 21.9 Å². The van der Waals surface area contributed by atoms with Crippen molar-refractivity contribution in [2.24, 2.45) is 5.92 Å². The number of aromatic amines is 1. The normalized spacial score (nSPS) is 20.4. The number of anilines is 1. The van der Waals surface area contributed by atoms with Crippen LogP contribution in [-0.4, -0.2) is 22.0 Å². The first-order chi connectivity index (χ1) is 18.3.